The van der Waals surface area contributed by atoms with Gasteiger partial charge in [-0.05, 0) is 18.4 Å². The number of thiophene rings is 1. The van der Waals surface area contributed by atoms with Crippen molar-refractivity contribution in [3.8, 4) is 0 Å². The molecule has 1 fully saturated rings. The molecular weight excluding hydrogens is 350 g/mol. The summed E-state index contributed by atoms with van der Waals surface area (Å²) >= 11 is 1.67. The topological polar surface area (TPSA) is 70.5 Å². The maximum atomic E-state index is 12.9. The number of nitrogens with one attached hydrogen (secondary N) is 1. The van der Waals surface area contributed by atoms with Crippen LogP contribution >= 0.6 is 11.3 Å². The van der Waals surface area contributed by atoms with E-state index in [0.29, 0.717) is 26.2 Å². The SMILES string of the molecule is CCN(Cc1nccn1C)C(=O)C[C@H]1C(=O)NCCN1Cc1cccs1. The van der Waals surface area contributed by atoms with Gasteiger partial charge in [-0.3, -0.25) is 14.5 Å². The molecule has 2 amide bonds. The number of hydrogen-bond donors (Lipinski definition) is 1. The third kappa shape index (κ3) is 4.31. The van der Waals surface area contributed by atoms with Crippen LogP contribution in [0.25, 0.3) is 0 Å². The highest BCUT2D eigenvalue weighted by Gasteiger charge is 2.33. The van der Waals surface area contributed by atoms with Crippen LogP contribution in [-0.2, 0) is 29.7 Å². The van der Waals surface area contributed by atoms with Crippen molar-refractivity contribution >= 4 is 23.2 Å². The van der Waals surface area contributed by atoms with E-state index in [2.05, 4.69) is 21.3 Å². The molecule has 1 aliphatic rings. The van der Waals surface area contributed by atoms with E-state index in [0.717, 1.165) is 12.4 Å². The summed E-state index contributed by atoms with van der Waals surface area (Å²) in [5, 5.41) is 4.93. The van der Waals surface area contributed by atoms with Gasteiger partial charge < -0.3 is 14.8 Å². The highest BCUT2D eigenvalue weighted by molar-refractivity contribution is 7.09. The third-order valence-electron chi connectivity index (χ3n) is 4.74. The largest absolute Gasteiger partial charge is 0.353 e. The summed E-state index contributed by atoms with van der Waals surface area (Å²) < 4.78 is 1.91. The molecule has 0 aromatic carbocycles. The van der Waals surface area contributed by atoms with E-state index in [1.54, 1.807) is 22.4 Å². The molecule has 1 N–H and O–H groups in total. The summed E-state index contributed by atoms with van der Waals surface area (Å²) in [5.74, 6) is 0.756. The molecule has 8 heteroatoms. The van der Waals surface area contributed by atoms with Gasteiger partial charge in [0.15, 0.2) is 0 Å². The minimum absolute atomic E-state index is 0.0197. The molecule has 2 aromatic rings. The van der Waals surface area contributed by atoms with Gasteiger partial charge in [0.25, 0.3) is 0 Å². The van der Waals surface area contributed by atoms with Crippen LogP contribution in [-0.4, -0.2) is 56.8 Å². The lowest BCUT2D eigenvalue weighted by Crippen LogP contribution is -2.56. The molecule has 1 saturated heterocycles. The van der Waals surface area contributed by atoms with Crippen LogP contribution in [0.3, 0.4) is 0 Å². The summed E-state index contributed by atoms with van der Waals surface area (Å²) in [4.78, 5) is 34.6. The minimum atomic E-state index is -0.422. The van der Waals surface area contributed by atoms with Crippen LogP contribution in [0.2, 0.25) is 0 Å². The van der Waals surface area contributed by atoms with Crippen LogP contribution < -0.4 is 5.32 Å². The number of nitrogens with zero attached hydrogens (tertiary/aromatic N) is 4. The fourth-order valence-electron chi connectivity index (χ4n) is 3.17. The van der Waals surface area contributed by atoms with E-state index in [9.17, 15) is 9.59 Å². The fourth-order valence-corrected chi connectivity index (χ4v) is 3.90. The van der Waals surface area contributed by atoms with E-state index in [-0.39, 0.29) is 18.2 Å². The Morgan fingerprint density at radius 2 is 2.35 bits per heavy atom. The first-order valence-electron chi connectivity index (χ1n) is 8.86. The average Bonchev–Trinajstić information content (AvgIpc) is 3.27. The molecule has 3 rings (SSSR count). The molecule has 3 heterocycles. The van der Waals surface area contributed by atoms with Crippen molar-refractivity contribution in [2.75, 3.05) is 19.6 Å². The normalized spacial score (nSPS) is 17.9. The molecule has 1 atom stereocenters. The molecular formula is C18H25N5O2S. The van der Waals surface area contributed by atoms with E-state index in [4.69, 9.17) is 0 Å². The molecule has 1 aliphatic heterocycles. The second kappa shape index (κ2) is 8.46. The van der Waals surface area contributed by atoms with Gasteiger partial charge in [0.2, 0.25) is 11.8 Å². The molecule has 0 bridgehead atoms. The zero-order valence-corrected chi connectivity index (χ0v) is 16.0. The van der Waals surface area contributed by atoms with Crippen molar-refractivity contribution < 1.29 is 9.59 Å². The van der Waals surface area contributed by atoms with Gasteiger partial charge in [0, 0.05) is 50.5 Å². The summed E-state index contributed by atoms with van der Waals surface area (Å²) in [6, 6.07) is 3.65. The van der Waals surface area contributed by atoms with Gasteiger partial charge in [0.1, 0.15) is 5.82 Å². The van der Waals surface area contributed by atoms with Crippen LogP contribution in [0.1, 0.15) is 24.0 Å². The lowest BCUT2D eigenvalue weighted by Gasteiger charge is -2.35. The molecule has 0 unspecified atom stereocenters. The summed E-state index contributed by atoms with van der Waals surface area (Å²) in [6.45, 7) is 5.08. The van der Waals surface area contributed by atoms with Gasteiger partial charge in [-0.1, -0.05) is 6.07 Å². The highest BCUT2D eigenvalue weighted by atomic mass is 32.1. The predicted molar refractivity (Wildman–Crippen MR) is 100 cm³/mol. The smallest absolute Gasteiger partial charge is 0.237 e. The molecule has 0 saturated carbocycles. The maximum Gasteiger partial charge on any atom is 0.237 e. The lowest BCUT2D eigenvalue weighted by atomic mass is 10.1. The highest BCUT2D eigenvalue weighted by Crippen LogP contribution is 2.18. The van der Waals surface area contributed by atoms with Crippen molar-refractivity contribution in [3.63, 3.8) is 0 Å². The second-order valence-corrected chi connectivity index (χ2v) is 7.46. The number of hydrogen-bond acceptors (Lipinski definition) is 5. The Morgan fingerprint density at radius 1 is 1.50 bits per heavy atom. The van der Waals surface area contributed by atoms with E-state index in [1.807, 2.05) is 36.2 Å². The number of carbonyl (C=O) groups excluding carboxylic acids is 2. The van der Waals surface area contributed by atoms with E-state index >= 15 is 0 Å². The Kier molecular flexibility index (Phi) is 6.05. The minimum Gasteiger partial charge on any atom is -0.353 e. The van der Waals surface area contributed by atoms with Crippen LogP contribution in [0, 0.1) is 0 Å². The summed E-state index contributed by atoms with van der Waals surface area (Å²) in [6.07, 6.45) is 3.78. The van der Waals surface area contributed by atoms with Crippen LogP contribution in [0.15, 0.2) is 29.9 Å². The van der Waals surface area contributed by atoms with Gasteiger partial charge in [0.05, 0.1) is 19.0 Å². The van der Waals surface area contributed by atoms with Crippen molar-refractivity contribution in [2.24, 2.45) is 7.05 Å². The Bertz CT molecular complexity index is 743. The predicted octanol–water partition coefficient (Wildman–Crippen LogP) is 1.22. The van der Waals surface area contributed by atoms with Crippen molar-refractivity contribution in [1.82, 2.24) is 24.7 Å². The maximum absolute atomic E-state index is 12.9. The van der Waals surface area contributed by atoms with Gasteiger partial charge in [-0.15, -0.1) is 11.3 Å². The molecule has 26 heavy (non-hydrogen) atoms. The quantitative estimate of drug-likeness (QED) is 0.790. The number of carbonyl (C=O) groups is 2. The fraction of sp³-hybridized carbons (Fsp3) is 0.500. The van der Waals surface area contributed by atoms with Crippen LogP contribution in [0.5, 0.6) is 0 Å². The Labute approximate surface area is 157 Å². The number of piperazine rings is 1. The Hall–Kier alpha value is -2.19. The van der Waals surface area contributed by atoms with Crippen molar-refractivity contribution in [2.45, 2.75) is 32.5 Å². The number of imidazole rings is 1. The average molecular weight is 375 g/mol. The number of amides is 2. The number of aryl methyl sites for hydroxylation is 1. The van der Waals surface area contributed by atoms with Crippen molar-refractivity contribution in [1.29, 1.82) is 0 Å². The monoisotopic (exact) mass is 375 g/mol. The molecule has 0 aliphatic carbocycles. The Balaban J connectivity index is 1.67. The van der Waals surface area contributed by atoms with Gasteiger partial charge >= 0.3 is 0 Å². The molecule has 0 radical (unpaired) electrons. The van der Waals surface area contributed by atoms with Gasteiger partial charge in [-0.25, -0.2) is 4.98 Å². The third-order valence-corrected chi connectivity index (χ3v) is 5.60. The molecule has 140 valence electrons. The van der Waals surface area contributed by atoms with Crippen LogP contribution in [0.4, 0.5) is 0 Å². The number of rotatable bonds is 7. The molecule has 2 aromatic heterocycles. The zero-order chi connectivity index (χ0) is 18.5. The van der Waals surface area contributed by atoms with E-state index < -0.39 is 6.04 Å². The summed E-state index contributed by atoms with van der Waals surface area (Å²) in [7, 11) is 1.91. The van der Waals surface area contributed by atoms with E-state index in [1.165, 1.54) is 4.88 Å². The Morgan fingerprint density at radius 3 is 3.00 bits per heavy atom. The second-order valence-electron chi connectivity index (χ2n) is 6.42. The first-order chi connectivity index (χ1) is 12.6. The first kappa shape index (κ1) is 18.6. The van der Waals surface area contributed by atoms with Gasteiger partial charge in [-0.2, -0.15) is 0 Å². The standard InChI is InChI=1S/C18H25N5O2S/c1-3-22(13-16-19-6-8-21(16)2)17(24)11-15-18(25)20-7-9-23(15)12-14-5-4-10-26-14/h4-6,8,10,15H,3,7,9,11-13H2,1-2H3,(H,20,25)/t15-/m0/s1. The molecule has 7 nitrogen and oxygen atoms in total. The lowest BCUT2D eigenvalue weighted by molar-refractivity contribution is -0.139. The number of aromatic nitrogens is 2. The summed E-state index contributed by atoms with van der Waals surface area (Å²) in [5.41, 5.74) is 0. The molecule has 0 spiro atoms. The first-order valence-corrected chi connectivity index (χ1v) is 9.74. The zero-order valence-electron chi connectivity index (χ0n) is 15.2. The van der Waals surface area contributed by atoms with Crippen molar-refractivity contribution in [3.05, 3.63) is 40.6 Å².